The minimum atomic E-state index is -3.77. The molecule has 2 aliphatic rings. The number of fused-ring (bicyclic) bond motifs is 1. The number of hydrogen-bond acceptors (Lipinski definition) is 6. The Balaban J connectivity index is 1.58. The van der Waals surface area contributed by atoms with E-state index in [1.54, 1.807) is 6.07 Å². The lowest BCUT2D eigenvalue weighted by Crippen LogP contribution is -2.49. The van der Waals surface area contributed by atoms with Crippen LogP contribution in [0.4, 0.5) is 5.88 Å². The Morgan fingerprint density at radius 3 is 2.92 bits per heavy atom. The third kappa shape index (κ3) is 3.17. The molecule has 1 amide bonds. The van der Waals surface area contributed by atoms with E-state index in [1.807, 2.05) is 0 Å². The van der Waals surface area contributed by atoms with Crippen LogP contribution in [0.1, 0.15) is 36.9 Å². The van der Waals surface area contributed by atoms with Gasteiger partial charge < -0.3 is 4.52 Å². The number of nitrogens with zero attached hydrogens (tertiary/aromatic N) is 2. The number of halogens is 1. The molecule has 3 heterocycles. The molecule has 1 saturated heterocycles. The zero-order valence-corrected chi connectivity index (χ0v) is 16.3. The molecule has 4 rings (SSSR count). The lowest BCUT2D eigenvalue weighted by molar-refractivity contribution is -0.120. The summed E-state index contributed by atoms with van der Waals surface area (Å²) in [6.45, 7) is 0.310. The van der Waals surface area contributed by atoms with Gasteiger partial charge in [-0.05, 0) is 44.2 Å². The summed E-state index contributed by atoms with van der Waals surface area (Å²) in [6.07, 6.45) is 4.64. The first-order valence-electron chi connectivity index (χ1n) is 8.52. The number of aromatic nitrogens is 1. The Bertz CT molecular complexity index is 937. The molecule has 0 bridgehead atoms. The van der Waals surface area contributed by atoms with Crippen LogP contribution in [0, 0.1) is 0 Å². The number of sulfonamides is 1. The maximum Gasteiger partial charge on any atom is 0.253 e. The molecule has 2 aromatic rings. The number of anilines is 1. The second-order valence-electron chi connectivity index (χ2n) is 6.47. The highest BCUT2D eigenvalue weighted by molar-refractivity contribution is 7.91. The highest BCUT2D eigenvalue weighted by atomic mass is 35.5. The predicted molar refractivity (Wildman–Crippen MR) is 98.0 cm³/mol. The van der Waals surface area contributed by atoms with E-state index in [1.165, 1.54) is 10.4 Å². The van der Waals surface area contributed by atoms with Crippen LogP contribution in [0.2, 0.25) is 4.34 Å². The molecule has 0 spiro atoms. The average molecular weight is 416 g/mol. The van der Waals surface area contributed by atoms with Gasteiger partial charge in [-0.1, -0.05) is 23.2 Å². The van der Waals surface area contributed by atoms with Gasteiger partial charge in [-0.25, -0.2) is 8.42 Å². The molecular formula is C16H18ClN3O4S2. The van der Waals surface area contributed by atoms with Gasteiger partial charge in [0.15, 0.2) is 0 Å². The summed E-state index contributed by atoms with van der Waals surface area (Å²) in [6, 6.07) is 2.27. The largest absolute Gasteiger partial charge is 0.338 e. The molecular weight excluding hydrogens is 398 g/mol. The minimum Gasteiger partial charge on any atom is -0.338 e. The molecule has 2 aromatic heterocycles. The number of hydrogen-bond donors (Lipinski definition) is 1. The number of nitrogens with one attached hydrogen (secondary N) is 1. The van der Waals surface area contributed by atoms with Crippen molar-refractivity contribution in [2.75, 3.05) is 11.9 Å². The SMILES string of the molecule is O=C(Nc1onc2c1CCC2)C1CCCCN1S(=O)(=O)c1ccc(Cl)s1. The van der Waals surface area contributed by atoms with Crippen molar-refractivity contribution < 1.29 is 17.7 Å². The van der Waals surface area contributed by atoms with E-state index < -0.39 is 16.1 Å². The molecule has 10 heteroatoms. The maximum atomic E-state index is 13.0. The van der Waals surface area contributed by atoms with Crippen LogP contribution < -0.4 is 5.32 Å². The van der Waals surface area contributed by atoms with Gasteiger partial charge in [0.25, 0.3) is 10.0 Å². The van der Waals surface area contributed by atoms with E-state index in [-0.39, 0.29) is 10.1 Å². The van der Waals surface area contributed by atoms with Gasteiger partial charge in [0.1, 0.15) is 10.3 Å². The van der Waals surface area contributed by atoms with Gasteiger partial charge in [-0.2, -0.15) is 4.31 Å². The van der Waals surface area contributed by atoms with Crippen molar-refractivity contribution >= 4 is 44.8 Å². The van der Waals surface area contributed by atoms with Crippen LogP contribution in [-0.4, -0.2) is 36.4 Å². The molecule has 0 aromatic carbocycles. The number of carbonyl (C=O) groups is 1. The molecule has 26 heavy (non-hydrogen) atoms. The minimum absolute atomic E-state index is 0.155. The normalized spacial score (nSPS) is 20.9. The van der Waals surface area contributed by atoms with Crippen LogP contribution in [0.25, 0.3) is 0 Å². The lowest BCUT2D eigenvalue weighted by atomic mass is 10.0. The Morgan fingerprint density at radius 2 is 2.15 bits per heavy atom. The first-order chi connectivity index (χ1) is 12.5. The summed E-state index contributed by atoms with van der Waals surface area (Å²) in [4.78, 5) is 12.8. The van der Waals surface area contributed by atoms with E-state index >= 15 is 0 Å². The van der Waals surface area contributed by atoms with Gasteiger partial charge in [0.05, 0.1) is 10.0 Å². The Hall–Kier alpha value is -1.42. The van der Waals surface area contributed by atoms with Gasteiger partial charge in [0.2, 0.25) is 11.8 Å². The Kier molecular flexibility index (Phi) is 4.81. The Morgan fingerprint density at radius 1 is 1.31 bits per heavy atom. The van der Waals surface area contributed by atoms with E-state index in [4.69, 9.17) is 16.1 Å². The fraction of sp³-hybridized carbons (Fsp3) is 0.500. The van der Waals surface area contributed by atoms with Crippen molar-refractivity contribution in [1.29, 1.82) is 0 Å². The van der Waals surface area contributed by atoms with Gasteiger partial charge in [-0.15, -0.1) is 11.3 Å². The topological polar surface area (TPSA) is 92.5 Å². The van der Waals surface area contributed by atoms with E-state index in [0.29, 0.717) is 23.2 Å². The quantitative estimate of drug-likeness (QED) is 0.828. The van der Waals surface area contributed by atoms with Crippen LogP contribution in [0.3, 0.4) is 0 Å². The Labute approximate surface area is 160 Å². The van der Waals surface area contributed by atoms with Crippen LogP contribution in [0.15, 0.2) is 20.9 Å². The van der Waals surface area contributed by atoms with Crippen LogP contribution in [-0.2, 0) is 27.7 Å². The lowest BCUT2D eigenvalue weighted by Gasteiger charge is -2.32. The third-order valence-electron chi connectivity index (χ3n) is 4.81. The van der Waals surface area contributed by atoms with Crippen molar-refractivity contribution in [1.82, 2.24) is 9.46 Å². The second-order valence-corrected chi connectivity index (χ2v) is 10.3. The van der Waals surface area contributed by atoms with E-state index in [2.05, 4.69) is 10.5 Å². The van der Waals surface area contributed by atoms with Crippen molar-refractivity contribution in [2.24, 2.45) is 0 Å². The summed E-state index contributed by atoms with van der Waals surface area (Å²) in [7, 11) is -3.77. The molecule has 1 fully saturated rings. The summed E-state index contributed by atoms with van der Waals surface area (Å²) < 4.78 is 33.0. The molecule has 140 valence electrons. The number of thiophene rings is 1. The van der Waals surface area contributed by atoms with E-state index in [0.717, 1.165) is 54.7 Å². The number of amides is 1. The smallest absolute Gasteiger partial charge is 0.253 e. The number of piperidine rings is 1. The zero-order chi connectivity index (χ0) is 18.3. The van der Waals surface area contributed by atoms with Crippen molar-refractivity contribution in [2.45, 2.75) is 48.8 Å². The van der Waals surface area contributed by atoms with Crippen LogP contribution >= 0.6 is 22.9 Å². The van der Waals surface area contributed by atoms with E-state index in [9.17, 15) is 13.2 Å². The molecule has 7 nitrogen and oxygen atoms in total. The molecule has 1 atom stereocenters. The van der Waals surface area contributed by atoms with Crippen LogP contribution in [0.5, 0.6) is 0 Å². The standard InChI is InChI=1S/C16H18ClN3O4S2/c17-13-7-8-14(25-13)26(22,23)20-9-2-1-6-12(20)15(21)18-16-10-4-3-5-11(10)19-24-16/h7-8,12H,1-6,9H2,(H,18,21). The molecule has 1 unspecified atom stereocenters. The maximum absolute atomic E-state index is 13.0. The molecule has 1 aliphatic heterocycles. The summed E-state index contributed by atoms with van der Waals surface area (Å²) in [5, 5.41) is 6.73. The molecule has 1 aliphatic carbocycles. The van der Waals surface area contributed by atoms with Crippen molar-refractivity contribution in [3.05, 3.63) is 27.7 Å². The highest BCUT2D eigenvalue weighted by Crippen LogP contribution is 2.33. The van der Waals surface area contributed by atoms with Crippen molar-refractivity contribution in [3.63, 3.8) is 0 Å². The summed E-state index contributed by atoms with van der Waals surface area (Å²) in [5.41, 5.74) is 1.80. The number of carbonyl (C=O) groups excluding carboxylic acids is 1. The third-order valence-corrected chi connectivity index (χ3v) is 8.42. The summed E-state index contributed by atoms with van der Waals surface area (Å²) >= 11 is 6.89. The second kappa shape index (κ2) is 6.95. The van der Waals surface area contributed by atoms with Crippen molar-refractivity contribution in [3.8, 4) is 0 Å². The molecule has 0 saturated carbocycles. The average Bonchev–Trinajstić information content (AvgIpc) is 3.33. The zero-order valence-electron chi connectivity index (χ0n) is 13.9. The fourth-order valence-electron chi connectivity index (χ4n) is 3.53. The molecule has 0 radical (unpaired) electrons. The summed E-state index contributed by atoms with van der Waals surface area (Å²) in [5.74, 6) is -0.0219. The first-order valence-corrected chi connectivity index (χ1v) is 11.2. The predicted octanol–water partition coefficient (Wildman–Crippen LogP) is 3.06. The van der Waals surface area contributed by atoms with Gasteiger partial charge in [0, 0.05) is 12.1 Å². The highest BCUT2D eigenvalue weighted by Gasteiger charge is 2.39. The van der Waals surface area contributed by atoms with Gasteiger partial charge in [-0.3, -0.25) is 10.1 Å². The number of aryl methyl sites for hydroxylation is 1. The first kappa shape index (κ1) is 18.0. The molecule has 1 N–H and O–H groups in total. The fourth-order valence-corrected chi connectivity index (χ4v) is 6.80. The number of rotatable bonds is 4. The monoisotopic (exact) mass is 415 g/mol. The van der Waals surface area contributed by atoms with Gasteiger partial charge >= 0.3 is 0 Å².